The molecule has 0 spiro atoms. The van der Waals surface area contributed by atoms with E-state index in [1.165, 1.54) is 0 Å². The second-order valence-corrected chi connectivity index (χ2v) is 5.64. The van der Waals surface area contributed by atoms with E-state index < -0.39 is 0 Å². The Hall–Kier alpha value is -1.98. The molecule has 2 aromatic heterocycles. The predicted molar refractivity (Wildman–Crippen MR) is 76.2 cm³/mol. The standard InChI is InChI=1S/C14H20N6/c1-11(2)9-19-10-17-18-13(19)12-5-3-8-20(12)14-15-6-4-7-16-14/h4,6-7,10-12H,3,5,8-9H2,1-2H3. The summed E-state index contributed by atoms with van der Waals surface area (Å²) >= 11 is 0. The molecule has 1 atom stereocenters. The second kappa shape index (κ2) is 5.56. The molecule has 1 aliphatic heterocycles. The van der Waals surface area contributed by atoms with Gasteiger partial charge in [-0.05, 0) is 24.8 Å². The first kappa shape index (κ1) is 13.0. The molecule has 1 unspecified atom stereocenters. The van der Waals surface area contributed by atoms with E-state index in [2.05, 4.69) is 43.5 Å². The second-order valence-electron chi connectivity index (χ2n) is 5.64. The van der Waals surface area contributed by atoms with E-state index >= 15 is 0 Å². The molecule has 3 rings (SSSR count). The predicted octanol–water partition coefficient (Wildman–Crippen LogP) is 2.07. The van der Waals surface area contributed by atoms with Crippen LogP contribution >= 0.6 is 0 Å². The average Bonchev–Trinajstić information content (AvgIpc) is 3.07. The smallest absolute Gasteiger partial charge is 0.225 e. The molecule has 2 aromatic rings. The summed E-state index contributed by atoms with van der Waals surface area (Å²) in [7, 11) is 0. The third-order valence-corrected chi connectivity index (χ3v) is 3.57. The molecular weight excluding hydrogens is 252 g/mol. The molecule has 1 fully saturated rings. The van der Waals surface area contributed by atoms with Gasteiger partial charge in [0.1, 0.15) is 6.33 Å². The summed E-state index contributed by atoms with van der Waals surface area (Å²) in [4.78, 5) is 11.0. The maximum Gasteiger partial charge on any atom is 0.225 e. The zero-order valence-corrected chi connectivity index (χ0v) is 12.0. The van der Waals surface area contributed by atoms with E-state index in [0.29, 0.717) is 5.92 Å². The largest absolute Gasteiger partial charge is 0.331 e. The molecule has 106 valence electrons. The lowest BCUT2D eigenvalue weighted by Gasteiger charge is -2.24. The van der Waals surface area contributed by atoms with Gasteiger partial charge in [0, 0.05) is 25.5 Å². The van der Waals surface area contributed by atoms with Crippen molar-refractivity contribution in [2.75, 3.05) is 11.4 Å². The summed E-state index contributed by atoms with van der Waals surface area (Å²) in [5.41, 5.74) is 0. The van der Waals surface area contributed by atoms with E-state index in [4.69, 9.17) is 0 Å². The fraction of sp³-hybridized carbons (Fsp3) is 0.571. The molecule has 1 saturated heterocycles. The summed E-state index contributed by atoms with van der Waals surface area (Å²) in [6, 6.07) is 2.08. The van der Waals surface area contributed by atoms with E-state index in [0.717, 1.165) is 37.7 Å². The fourth-order valence-electron chi connectivity index (χ4n) is 2.77. The fourth-order valence-corrected chi connectivity index (χ4v) is 2.77. The van der Waals surface area contributed by atoms with Gasteiger partial charge in [0.2, 0.25) is 5.95 Å². The maximum atomic E-state index is 4.37. The van der Waals surface area contributed by atoms with Crippen LogP contribution < -0.4 is 4.90 Å². The molecule has 0 bridgehead atoms. The van der Waals surface area contributed by atoms with Crippen molar-refractivity contribution in [2.45, 2.75) is 39.3 Å². The van der Waals surface area contributed by atoms with Crippen molar-refractivity contribution in [1.82, 2.24) is 24.7 Å². The Morgan fingerprint density at radius 3 is 2.85 bits per heavy atom. The highest BCUT2D eigenvalue weighted by Gasteiger charge is 2.31. The van der Waals surface area contributed by atoms with Gasteiger partial charge in [0.15, 0.2) is 5.82 Å². The molecule has 6 heteroatoms. The number of hydrogen-bond donors (Lipinski definition) is 0. The Balaban J connectivity index is 1.88. The molecule has 0 radical (unpaired) electrons. The minimum absolute atomic E-state index is 0.235. The van der Waals surface area contributed by atoms with Gasteiger partial charge in [-0.25, -0.2) is 9.97 Å². The SMILES string of the molecule is CC(C)Cn1cnnc1C1CCCN1c1ncccn1. The van der Waals surface area contributed by atoms with Crippen molar-refractivity contribution in [3.05, 3.63) is 30.6 Å². The number of hydrogen-bond acceptors (Lipinski definition) is 5. The van der Waals surface area contributed by atoms with Gasteiger partial charge in [-0.1, -0.05) is 13.8 Å². The molecule has 0 saturated carbocycles. The van der Waals surface area contributed by atoms with Crippen LogP contribution in [0.2, 0.25) is 0 Å². The number of aromatic nitrogens is 5. The minimum atomic E-state index is 0.235. The van der Waals surface area contributed by atoms with E-state index in [9.17, 15) is 0 Å². The van der Waals surface area contributed by atoms with Crippen LogP contribution in [-0.2, 0) is 6.54 Å². The van der Waals surface area contributed by atoms with Crippen LogP contribution in [0.15, 0.2) is 24.8 Å². The lowest BCUT2D eigenvalue weighted by molar-refractivity contribution is 0.487. The Bertz CT molecular complexity index is 550. The van der Waals surface area contributed by atoms with Crippen LogP contribution in [0.5, 0.6) is 0 Å². The van der Waals surface area contributed by atoms with Crippen molar-refractivity contribution in [3.63, 3.8) is 0 Å². The lowest BCUT2D eigenvalue weighted by atomic mass is 10.2. The number of rotatable bonds is 4. The molecule has 0 amide bonds. The molecule has 20 heavy (non-hydrogen) atoms. The minimum Gasteiger partial charge on any atom is -0.331 e. The van der Waals surface area contributed by atoms with Gasteiger partial charge in [0.05, 0.1) is 6.04 Å². The first-order valence-electron chi connectivity index (χ1n) is 7.17. The third-order valence-electron chi connectivity index (χ3n) is 3.57. The normalized spacial score (nSPS) is 18.9. The molecular formula is C14H20N6. The first-order valence-corrected chi connectivity index (χ1v) is 7.17. The molecule has 3 heterocycles. The van der Waals surface area contributed by atoms with Gasteiger partial charge in [-0.2, -0.15) is 0 Å². The molecule has 0 N–H and O–H groups in total. The van der Waals surface area contributed by atoms with Gasteiger partial charge >= 0.3 is 0 Å². The Labute approximate surface area is 118 Å². The zero-order valence-electron chi connectivity index (χ0n) is 12.0. The summed E-state index contributed by atoms with van der Waals surface area (Å²) < 4.78 is 2.16. The lowest BCUT2D eigenvalue weighted by Crippen LogP contribution is -2.27. The van der Waals surface area contributed by atoms with Crippen LogP contribution in [0.3, 0.4) is 0 Å². The topological polar surface area (TPSA) is 59.7 Å². The van der Waals surface area contributed by atoms with E-state index in [1.807, 2.05) is 12.4 Å². The Kier molecular flexibility index (Phi) is 3.62. The van der Waals surface area contributed by atoms with Gasteiger partial charge in [-0.15, -0.1) is 10.2 Å². The number of nitrogens with zero attached hydrogens (tertiary/aromatic N) is 6. The molecule has 0 aromatic carbocycles. The average molecular weight is 272 g/mol. The maximum absolute atomic E-state index is 4.37. The van der Waals surface area contributed by atoms with Gasteiger partial charge < -0.3 is 9.47 Å². The van der Waals surface area contributed by atoms with Crippen molar-refractivity contribution >= 4 is 5.95 Å². The monoisotopic (exact) mass is 272 g/mol. The highest BCUT2D eigenvalue weighted by Crippen LogP contribution is 2.33. The Morgan fingerprint density at radius 1 is 1.30 bits per heavy atom. The van der Waals surface area contributed by atoms with Crippen LogP contribution in [0, 0.1) is 5.92 Å². The van der Waals surface area contributed by atoms with Crippen molar-refractivity contribution < 1.29 is 0 Å². The van der Waals surface area contributed by atoms with Crippen LogP contribution in [-0.4, -0.2) is 31.3 Å². The van der Waals surface area contributed by atoms with Crippen LogP contribution in [0.4, 0.5) is 5.95 Å². The van der Waals surface area contributed by atoms with Crippen LogP contribution in [0.1, 0.15) is 38.6 Å². The van der Waals surface area contributed by atoms with E-state index in [1.54, 1.807) is 12.4 Å². The zero-order chi connectivity index (χ0) is 13.9. The summed E-state index contributed by atoms with van der Waals surface area (Å²) in [5.74, 6) is 2.39. The summed E-state index contributed by atoms with van der Waals surface area (Å²) in [6.07, 6.45) is 7.62. The highest BCUT2D eigenvalue weighted by molar-refractivity contribution is 5.34. The quantitative estimate of drug-likeness (QED) is 0.852. The van der Waals surface area contributed by atoms with Crippen molar-refractivity contribution in [2.24, 2.45) is 5.92 Å². The third kappa shape index (κ3) is 2.50. The molecule has 6 nitrogen and oxygen atoms in total. The van der Waals surface area contributed by atoms with Crippen molar-refractivity contribution in [3.8, 4) is 0 Å². The summed E-state index contributed by atoms with van der Waals surface area (Å²) in [5, 5.41) is 8.44. The van der Waals surface area contributed by atoms with Crippen molar-refractivity contribution in [1.29, 1.82) is 0 Å². The van der Waals surface area contributed by atoms with Gasteiger partial charge in [-0.3, -0.25) is 0 Å². The van der Waals surface area contributed by atoms with E-state index in [-0.39, 0.29) is 6.04 Å². The number of anilines is 1. The van der Waals surface area contributed by atoms with Gasteiger partial charge in [0.25, 0.3) is 0 Å². The molecule has 0 aliphatic carbocycles. The van der Waals surface area contributed by atoms with Crippen LogP contribution in [0.25, 0.3) is 0 Å². The first-order chi connectivity index (χ1) is 9.75. The Morgan fingerprint density at radius 2 is 2.10 bits per heavy atom. The summed E-state index contributed by atoms with van der Waals surface area (Å²) in [6.45, 7) is 6.33. The molecule has 1 aliphatic rings. The highest BCUT2D eigenvalue weighted by atomic mass is 15.3.